The van der Waals surface area contributed by atoms with Gasteiger partial charge < -0.3 is 20.9 Å². The summed E-state index contributed by atoms with van der Waals surface area (Å²) < 4.78 is 31.6. The maximum absolute atomic E-state index is 11.5. The second kappa shape index (κ2) is 6.32. The Balaban J connectivity index is 2.64. The number of aliphatic hydroxyl groups is 1. The standard InChI is InChI=1S/C9H17N3O4S2/c1-16-5-6(13)3-4-11-9-7(18(2,14)15)8(10)12-17-9/h6,11,13H,3-5H2,1-2H3,(H2,10,12). The van der Waals surface area contributed by atoms with Crippen LogP contribution in [0, 0.1) is 0 Å². The number of hydrogen-bond donors (Lipinski definition) is 3. The Morgan fingerprint density at radius 1 is 1.61 bits per heavy atom. The van der Waals surface area contributed by atoms with E-state index >= 15 is 0 Å². The average Bonchev–Trinajstić information content (AvgIpc) is 2.59. The number of nitrogen functional groups attached to an aromatic ring is 1. The van der Waals surface area contributed by atoms with Crippen molar-refractivity contribution in [2.24, 2.45) is 0 Å². The normalized spacial score (nSPS) is 13.5. The van der Waals surface area contributed by atoms with Crippen LogP contribution in [0.1, 0.15) is 6.42 Å². The Labute approximate surface area is 110 Å². The summed E-state index contributed by atoms with van der Waals surface area (Å²) in [5.74, 6) is 0.00226. The fourth-order valence-electron chi connectivity index (χ4n) is 1.39. The van der Waals surface area contributed by atoms with Crippen molar-refractivity contribution >= 4 is 32.2 Å². The molecule has 0 fully saturated rings. The van der Waals surface area contributed by atoms with E-state index in [9.17, 15) is 13.5 Å². The van der Waals surface area contributed by atoms with Crippen LogP contribution >= 0.6 is 11.5 Å². The molecule has 7 nitrogen and oxygen atoms in total. The first kappa shape index (κ1) is 15.2. The molecule has 1 aromatic heterocycles. The summed E-state index contributed by atoms with van der Waals surface area (Å²) >= 11 is 0.990. The summed E-state index contributed by atoms with van der Waals surface area (Å²) in [7, 11) is -1.91. The van der Waals surface area contributed by atoms with Crippen LogP contribution in [-0.2, 0) is 14.6 Å². The van der Waals surface area contributed by atoms with E-state index in [1.807, 2.05) is 0 Å². The Hall–Kier alpha value is -0.900. The van der Waals surface area contributed by atoms with Gasteiger partial charge in [-0.2, -0.15) is 4.37 Å². The highest BCUT2D eigenvalue weighted by Crippen LogP contribution is 2.31. The predicted octanol–water partition coefficient (Wildman–Crippen LogP) is -0.0619. The molecule has 1 heterocycles. The van der Waals surface area contributed by atoms with Gasteiger partial charge in [-0.3, -0.25) is 0 Å². The molecule has 0 aromatic carbocycles. The predicted molar refractivity (Wildman–Crippen MR) is 70.6 cm³/mol. The number of ether oxygens (including phenoxy) is 1. The SMILES string of the molecule is COCC(O)CCNc1snc(N)c1S(C)(=O)=O. The maximum Gasteiger partial charge on any atom is 0.182 e. The van der Waals surface area contributed by atoms with E-state index in [0.29, 0.717) is 18.0 Å². The smallest absolute Gasteiger partial charge is 0.182 e. The summed E-state index contributed by atoms with van der Waals surface area (Å²) in [6.07, 6.45) is 0.932. The number of hydrogen-bond acceptors (Lipinski definition) is 8. The summed E-state index contributed by atoms with van der Waals surface area (Å²) in [6, 6.07) is 0. The van der Waals surface area contributed by atoms with Gasteiger partial charge in [0.05, 0.1) is 12.7 Å². The van der Waals surface area contributed by atoms with Crippen LogP contribution in [0.3, 0.4) is 0 Å². The topological polar surface area (TPSA) is 115 Å². The molecule has 18 heavy (non-hydrogen) atoms. The number of methoxy groups -OCH3 is 1. The Morgan fingerprint density at radius 2 is 2.28 bits per heavy atom. The zero-order chi connectivity index (χ0) is 13.8. The van der Waals surface area contributed by atoms with Crippen LogP contribution in [0.2, 0.25) is 0 Å². The summed E-state index contributed by atoms with van der Waals surface area (Å²) in [4.78, 5) is 0.0220. The number of nitrogens with two attached hydrogens (primary N) is 1. The van der Waals surface area contributed by atoms with Crippen LogP contribution in [-0.4, -0.2) is 50.5 Å². The van der Waals surface area contributed by atoms with Crippen molar-refractivity contribution in [1.82, 2.24) is 4.37 Å². The molecule has 0 aliphatic rings. The first-order valence-corrected chi connectivity index (χ1v) is 7.88. The number of rotatable bonds is 7. The summed E-state index contributed by atoms with van der Waals surface area (Å²) in [5, 5.41) is 12.8. The Bertz CT molecular complexity index is 486. The van der Waals surface area contributed by atoms with E-state index in [1.165, 1.54) is 7.11 Å². The number of nitrogens with one attached hydrogen (secondary N) is 1. The molecule has 0 saturated carbocycles. The zero-order valence-corrected chi connectivity index (χ0v) is 11.8. The molecule has 1 unspecified atom stereocenters. The highest BCUT2D eigenvalue weighted by atomic mass is 32.2. The van der Waals surface area contributed by atoms with Gasteiger partial charge in [0.25, 0.3) is 0 Å². The van der Waals surface area contributed by atoms with Gasteiger partial charge in [-0.25, -0.2) is 8.42 Å². The zero-order valence-electron chi connectivity index (χ0n) is 10.2. The minimum Gasteiger partial charge on any atom is -0.391 e. The molecule has 0 bridgehead atoms. The van der Waals surface area contributed by atoms with Crippen LogP contribution < -0.4 is 11.1 Å². The van der Waals surface area contributed by atoms with E-state index in [-0.39, 0.29) is 17.3 Å². The lowest BCUT2D eigenvalue weighted by atomic mass is 10.3. The molecule has 0 aliphatic heterocycles. The molecule has 0 saturated heterocycles. The van der Waals surface area contributed by atoms with E-state index in [2.05, 4.69) is 9.69 Å². The number of aromatic nitrogens is 1. The highest BCUT2D eigenvalue weighted by molar-refractivity contribution is 7.91. The van der Waals surface area contributed by atoms with Gasteiger partial charge >= 0.3 is 0 Å². The summed E-state index contributed by atoms with van der Waals surface area (Å²) in [5.41, 5.74) is 5.52. The fourth-order valence-corrected chi connectivity index (χ4v) is 3.49. The van der Waals surface area contributed by atoms with Crippen molar-refractivity contribution in [3.05, 3.63) is 0 Å². The highest BCUT2D eigenvalue weighted by Gasteiger charge is 2.21. The van der Waals surface area contributed by atoms with Gasteiger partial charge in [-0.1, -0.05) is 0 Å². The van der Waals surface area contributed by atoms with Crippen LogP contribution in [0.25, 0.3) is 0 Å². The minimum atomic E-state index is -3.41. The minimum absolute atomic E-state index is 0.00226. The molecule has 1 atom stereocenters. The van der Waals surface area contributed by atoms with Crippen molar-refractivity contribution in [3.63, 3.8) is 0 Å². The molecule has 9 heteroatoms. The van der Waals surface area contributed by atoms with Gasteiger partial charge in [0, 0.05) is 19.9 Å². The van der Waals surface area contributed by atoms with Crippen molar-refractivity contribution in [1.29, 1.82) is 0 Å². The van der Waals surface area contributed by atoms with E-state index in [4.69, 9.17) is 10.5 Å². The van der Waals surface area contributed by atoms with E-state index in [0.717, 1.165) is 17.8 Å². The molecule has 0 radical (unpaired) electrons. The molecule has 104 valence electrons. The first-order valence-electron chi connectivity index (χ1n) is 5.22. The number of sulfone groups is 1. The molecule has 0 aliphatic carbocycles. The monoisotopic (exact) mass is 295 g/mol. The van der Waals surface area contributed by atoms with Gasteiger partial charge in [-0.15, -0.1) is 0 Å². The fraction of sp³-hybridized carbons (Fsp3) is 0.667. The molecule has 1 rings (SSSR count). The van der Waals surface area contributed by atoms with Crippen molar-refractivity contribution in [2.75, 3.05) is 37.6 Å². The molecule has 4 N–H and O–H groups in total. The molecular weight excluding hydrogens is 278 g/mol. The third-order valence-electron chi connectivity index (χ3n) is 2.17. The third kappa shape index (κ3) is 4.09. The van der Waals surface area contributed by atoms with Crippen LogP contribution in [0.4, 0.5) is 10.8 Å². The van der Waals surface area contributed by atoms with Crippen molar-refractivity contribution in [2.45, 2.75) is 17.4 Å². The van der Waals surface area contributed by atoms with Crippen LogP contribution in [0.5, 0.6) is 0 Å². The first-order chi connectivity index (χ1) is 8.36. The quantitative estimate of drug-likeness (QED) is 0.645. The van der Waals surface area contributed by atoms with Gasteiger partial charge in [-0.05, 0) is 18.0 Å². The Kier molecular flexibility index (Phi) is 5.32. The molecule has 0 amide bonds. The van der Waals surface area contributed by atoms with E-state index in [1.54, 1.807) is 0 Å². The molecule has 0 spiro atoms. The third-order valence-corrected chi connectivity index (χ3v) is 4.27. The van der Waals surface area contributed by atoms with Gasteiger partial charge in [0.1, 0.15) is 9.90 Å². The second-order valence-corrected chi connectivity index (χ2v) is 6.55. The lowest BCUT2D eigenvalue weighted by Gasteiger charge is -2.10. The van der Waals surface area contributed by atoms with E-state index < -0.39 is 15.9 Å². The Morgan fingerprint density at radius 3 is 2.83 bits per heavy atom. The van der Waals surface area contributed by atoms with Gasteiger partial charge in [0.15, 0.2) is 15.7 Å². The maximum atomic E-state index is 11.5. The van der Waals surface area contributed by atoms with Gasteiger partial charge in [0.2, 0.25) is 0 Å². The largest absolute Gasteiger partial charge is 0.391 e. The lowest BCUT2D eigenvalue weighted by molar-refractivity contribution is 0.0615. The number of anilines is 2. The average molecular weight is 295 g/mol. The summed E-state index contributed by atoms with van der Waals surface area (Å²) in [6.45, 7) is 0.653. The number of aliphatic hydroxyl groups excluding tert-OH is 1. The van der Waals surface area contributed by atoms with Crippen molar-refractivity contribution < 1.29 is 18.3 Å². The molecular formula is C9H17N3O4S2. The van der Waals surface area contributed by atoms with Crippen LogP contribution in [0.15, 0.2) is 4.90 Å². The number of nitrogens with zero attached hydrogens (tertiary/aromatic N) is 1. The molecule has 1 aromatic rings. The van der Waals surface area contributed by atoms with Crippen molar-refractivity contribution in [3.8, 4) is 0 Å². The second-order valence-electron chi connectivity index (χ2n) is 3.82. The lowest BCUT2D eigenvalue weighted by Crippen LogP contribution is -2.18.